The SMILES string of the molecule is c1ccc(C(Oc2cccc3ccc(C(c4ccccc4)(c4ccccc4)c4ccccc4)nc23)(c2ccccc2)c2ccccc2)cc1. The Morgan fingerprint density at radius 3 is 1.08 bits per heavy atom. The molecule has 8 rings (SSSR count). The molecule has 0 saturated carbocycles. The number of fused-ring (bicyclic) bond motifs is 1. The Hall–Kier alpha value is -6.25. The molecule has 0 aliphatic heterocycles. The molecule has 8 aromatic rings. The molecule has 0 aliphatic rings. The Kier molecular flexibility index (Phi) is 8.05. The Morgan fingerprint density at radius 1 is 0.327 bits per heavy atom. The van der Waals surface area contributed by atoms with Crippen molar-refractivity contribution in [3.8, 4) is 5.75 Å². The molecule has 49 heavy (non-hydrogen) atoms. The topological polar surface area (TPSA) is 22.1 Å². The highest BCUT2D eigenvalue weighted by Crippen LogP contribution is 2.46. The maximum Gasteiger partial charge on any atom is 0.184 e. The van der Waals surface area contributed by atoms with Crippen LogP contribution in [0.1, 0.15) is 39.1 Å². The predicted molar refractivity (Wildman–Crippen MR) is 200 cm³/mol. The second kappa shape index (κ2) is 13.1. The highest BCUT2D eigenvalue weighted by atomic mass is 16.5. The van der Waals surface area contributed by atoms with Crippen LogP contribution in [0, 0.1) is 0 Å². The lowest BCUT2D eigenvalue weighted by Gasteiger charge is -2.37. The highest BCUT2D eigenvalue weighted by molar-refractivity contribution is 5.85. The van der Waals surface area contributed by atoms with E-state index in [1.807, 2.05) is 18.2 Å². The van der Waals surface area contributed by atoms with Gasteiger partial charge < -0.3 is 4.74 Å². The lowest BCUT2D eigenvalue weighted by Crippen LogP contribution is -2.36. The smallest absolute Gasteiger partial charge is 0.184 e. The fourth-order valence-electron chi connectivity index (χ4n) is 7.28. The summed E-state index contributed by atoms with van der Waals surface area (Å²) in [4.78, 5) is 5.62. The molecule has 0 bridgehead atoms. The summed E-state index contributed by atoms with van der Waals surface area (Å²) in [7, 11) is 0. The average Bonchev–Trinajstić information content (AvgIpc) is 3.20. The number of rotatable bonds is 9. The fraction of sp³-hybridized carbons (Fsp3) is 0.0426. The summed E-state index contributed by atoms with van der Waals surface area (Å²) in [6.07, 6.45) is 0. The van der Waals surface area contributed by atoms with Crippen LogP contribution in [-0.4, -0.2) is 4.98 Å². The van der Waals surface area contributed by atoms with Crippen molar-refractivity contribution in [3.05, 3.63) is 251 Å². The van der Waals surface area contributed by atoms with Gasteiger partial charge in [-0.1, -0.05) is 200 Å². The molecule has 2 nitrogen and oxygen atoms in total. The van der Waals surface area contributed by atoms with Gasteiger partial charge in [-0.2, -0.15) is 0 Å². The standard InChI is InChI=1S/C47H35NO/c1-7-21-37(22-8-1)46(38-23-9-2-10-24-38,39-25-11-3-12-26-39)44-35-34-36-20-19-33-43(45(36)48-44)49-47(40-27-13-4-14-28-40,41-29-15-5-16-30-41)42-31-17-6-18-32-42/h1-35H. The first-order valence-corrected chi connectivity index (χ1v) is 16.7. The van der Waals surface area contributed by atoms with Crippen LogP contribution >= 0.6 is 0 Å². The summed E-state index contributed by atoms with van der Waals surface area (Å²) >= 11 is 0. The summed E-state index contributed by atoms with van der Waals surface area (Å²) in [6, 6.07) is 74.2. The Bertz CT molecular complexity index is 2080. The molecule has 0 aliphatic carbocycles. The fourth-order valence-corrected chi connectivity index (χ4v) is 7.28. The zero-order valence-electron chi connectivity index (χ0n) is 27.1. The number of hydrogen-bond acceptors (Lipinski definition) is 2. The van der Waals surface area contributed by atoms with E-state index < -0.39 is 11.0 Å². The number of hydrogen-bond donors (Lipinski definition) is 0. The van der Waals surface area contributed by atoms with Gasteiger partial charge in [-0.05, 0) is 28.8 Å². The van der Waals surface area contributed by atoms with E-state index in [9.17, 15) is 0 Å². The molecule has 234 valence electrons. The normalized spacial score (nSPS) is 11.7. The molecule has 1 heterocycles. The van der Waals surface area contributed by atoms with E-state index in [0.717, 1.165) is 50.0 Å². The first-order chi connectivity index (χ1) is 24.3. The average molecular weight is 630 g/mol. The maximum absolute atomic E-state index is 7.50. The first kappa shape index (κ1) is 30.1. The van der Waals surface area contributed by atoms with Crippen LogP contribution in [0.25, 0.3) is 10.9 Å². The van der Waals surface area contributed by atoms with E-state index in [-0.39, 0.29) is 0 Å². The number of pyridine rings is 1. The van der Waals surface area contributed by atoms with Crippen molar-refractivity contribution >= 4 is 10.9 Å². The Labute approximate surface area is 288 Å². The molecule has 2 heteroatoms. The minimum atomic E-state index is -0.939. The number of benzene rings is 7. The molecule has 0 atom stereocenters. The van der Waals surface area contributed by atoms with Gasteiger partial charge in [-0.25, -0.2) is 4.98 Å². The summed E-state index contributed by atoms with van der Waals surface area (Å²) < 4.78 is 7.50. The van der Waals surface area contributed by atoms with E-state index in [2.05, 4.69) is 194 Å². The second-order valence-corrected chi connectivity index (χ2v) is 12.3. The maximum atomic E-state index is 7.50. The summed E-state index contributed by atoms with van der Waals surface area (Å²) in [6.45, 7) is 0. The van der Waals surface area contributed by atoms with Crippen LogP contribution in [0.15, 0.2) is 212 Å². The van der Waals surface area contributed by atoms with Crippen molar-refractivity contribution in [2.24, 2.45) is 0 Å². The molecule has 0 amide bonds. The van der Waals surface area contributed by atoms with Crippen molar-refractivity contribution in [2.45, 2.75) is 11.0 Å². The van der Waals surface area contributed by atoms with Gasteiger partial charge in [0.05, 0.1) is 11.1 Å². The van der Waals surface area contributed by atoms with Gasteiger partial charge in [0.25, 0.3) is 0 Å². The molecule has 0 N–H and O–H groups in total. The van der Waals surface area contributed by atoms with Gasteiger partial charge in [0.15, 0.2) is 5.60 Å². The van der Waals surface area contributed by atoms with Crippen LogP contribution in [-0.2, 0) is 11.0 Å². The molecule has 0 spiro atoms. The van der Waals surface area contributed by atoms with Crippen LogP contribution in [0.3, 0.4) is 0 Å². The molecule has 7 aromatic carbocycles. The van der Waals surface area contributed by atoms with Gasteiger partial charge in [0, 0.05) is 22.1 Å². The number of aromatic nitrogens is 1. The summed E-state index contributed by atoms with van der Waals surface area (Å²) in [5.41, 5.74) is 6.64. The summed E-state index contributed by atoms with van der Waals surface area (Å²) in [5.74, 6) is 0.707. The minimum absolute atomic E-state index is 0.680. The third kappa shape index (κ3) is 5.28. The van der Waals surface area contributed by atoms with E-state index in [1.165, 1.54) is 0 Å². The van der Waals surface area contributed by atoms with Gasteiger partial charge in [-0.15, -0.1) is 0 Å². The first-order valence-electron chi connectivity index (χ1n) is 16.7. The molecule has 0 radical (unpaired) electrons. The number of para-hydroxylation sites is 1. The molecule has 0 fully saturated rings. The van der Waals surface area contributed by atoms with Crippen LogP contribution < -0.4 is 4.74 Å². The minimum Gasteiger partial charge on any atom is -0.471 e. The van der Waals surface area contributed by atoms with Gasteiger partial charge in [0.2, 0.25) is 0 Å². The molecular weight excluding hydrogens is 595 g/mol. The quantitative estimate of drug-likeness (QED) is 0.148. The lowest BCUT2D eigenvalue weighted by atomic mass is 9.67. The van der Waals surface area contributed by atoms with Gasteiger partial charge in [0.1, 0.15) is 11.3 Å². The second-order valence-electron chi connectivity index (χ2n) is 12.3. The van der Waals surface area contributed by atoms with E-state index in [0.29, 0.717) is 5.75 Å². The Morgan fingerprint density at radius 2 is 0.694 bits per heavy atom. The zero-order valence-corrected chi connectivity index (χ0v) is 27.1. The van der Waals surface area contributed by atoms with E-state index >= 15 is 0 Å². The van der Waals surface area contributed by atoms with Crippen LogP contribution in [0.2, 0.25) is 0 Å². The monoisotopic (exact) mass is 629 g/mol. The van der Waals surface area contributed by atoms with E-state index in [1.54, 1.807) is 0 Å². The molecular formula is C47H35NO. The Balaban J connectivity index is 1.42. The van der Waals surface area contributed by atoms with E-state index in [4.69, 9.17) is 9.72 Å². The van der Waals surface area contributed by atoms with Crippen LogP contribution in [0.4, 0.5) is 0 Å². The van der Waals surface area contributed by atoms with Gasteiger partial charge >= 0.3 is 0 Å². The van der Waals surface area contributed by atoms with Gasteiger partial charge in [-0.3, -0.25) is 0 Å². The van der Waals surface area contributed by atoms with Crippen molar-refractivity contribution in [1.29, 1.82) is 0 Å². The van der Waals surface area contributed by atoms with Crippen molar-refractivity contribution < 1.29 is 4.74 Å². The van der Waals surface area contributed by atoms with Crippen molar-refractivity contribution in [3.63, 3.8) is 0 Å². The highest BCUT2D eigenvalue weighted by Gasteiger charge is 2.41. The molecule has 1 aromatic heterocycles. The zero-order chi connectivity index (χ0) is 32.9. The van der Waals surface area contributed by atoms with Crippen molar-refractivity contribution in [2.75, 3.05) is 0 Å². The molecule has 0 unspecified atom stereocenters. The number of ether oxygens (including phenoxy) is 1. The predicted octanol–water partition coefficient (Wildman–Crippen LogP) is 11.0. The summed E-state index contributed by atoms with van der Waals surface area (Å²) in [5, 5.41) is 1.01. The molecule has 0 saturated heterocycles. The van der Waals surface area contributed by atoms with Crippen LogP contribution in [0.5, 0.6) is 5.75 Å². The third-order valence-electron chi connectivity index (χ3n) is 9.49. The number of nitrogens with zero attached hydrogens (tertiary/aromatic N) is 1. The largest absolute Gasteiger partial charge is 0.471 e. The van der Waals surface area contributed by atoms with Crippen molar-refractivity contribution in [1.82, 2.24) is 4.98 Å². The third-order valence-corrected chi connectivity index (χ3v) is 9.49. The lowest BCUT2D eigenvalue weighted by molar-refractivity contribution is 0.157.